The van der Waals surface area contributed by atoms with Crippen LogP contribution in [0.5, 0.6) is 0 Å². The molecule has 0 bridgehead atoms. The maximum Gasteiger partial charge on any atom is 0.240 e. The molecular weight excluding hydrogens is 455 g/mol. The van der Waals surface area contributed by atoms with Crippen molar-refractivity contribution in [1.29, 1.82) is 0 Å². The second kappa shape index (κ2) is 9.77. The Balaban J connectivity index is 2.15. The number of sulfonamides is 1. The molecule has 3 aromatic rings. The number of nitrogens with zero attached hydrogens (tertiary/aromatic N) is 3. The molecule has 0 saturated carbocycles. The molecule has 3 rings (SSSR count). The van der Waals surface area contributed by atoms with Crippen molar-refractivity contribution in [3.8, 4) is 0 Å². The van der Waals surface area contributed by atoms with E-state index in [4.69, 9.17) is 28.3 Å². The van der Waals surface area contributed by atoms with E-state index in [0.717, 1.165) is 35.4 Å². The van der Waals surface area contributed by atoms with Gasteiger partial charge in [0.25, 0.3) is 0 Å². The van der Waals surface area contributed by atoms with Gasteiger partial charge in [-0.15, -0.1) is 0 Å². The summed E-state index contributed by atoms with van der Waals surface area (Å²) >= 11 is 12.8. The first kappa shape index (κ1) is 23.9. The normalized spacial score (nSPS) is 13.0. The van der Waals surface area contributed by atoms with Crippen molar-refractivity contribution in [2.75, 3.05) is 18.0 Å². The number of rotatable bonds is 9. The van der Waals surface area contributed by atoms with Gasteiger partial charge in [-0.2, -0.15) is 5.10 Å². The molecule has 2 aromatic carbocycles. The van der Waals surface area contributed by atoms with Crippen molar-refractivity contribution in [1.82, 2.24) is 14.5 Å². The SMILES string of the molecule is CCC(C)NS(=O)(=O)c1ccc2c(c1)c(N(CC)CC)nn2Cc1c(Cl)cccc1Cl. The first-order valence-electron chi connectivity index (χ1n) is 10.4. The average molecular weight is 483 g/mol. The van der Waals surface area contributed by atoms with Crippen molar-refractivity contribution in [3.63, 3.8) is 0 Å². The molecule has 0 aliphatic carbocycles. The molecular formula is C22H28Cl2N4O2S. The Bertz CT molecular complexity index is 1150. The fourth-order valence-electron chi connectivity index (χ4n) is 3.44. The number of hydrogen-bond acceptors (Lipinski definition) is 4. The Morgan fingerprint density at radius 1 is 1.10 bits per heavy atom. The van der Waals surface area contributed by atoms with E-state index in [-0.39, 0.29) is 10.9 Å². The largest absolute Gasteiger partial charge is 0.355 e. The van der Waals surface area contributed by atoms with Crippen molar-refractivity contribution < 1.29 is 8.42 Å². The zero-order valence-corrected chi connectivity index (χ0v) is 20.5. The van der Waals surface area contributed by atoms with Crippen LogP contribution >= 0.6 is 23.2 Å². The maximum atomic E-state index is 12.9. The molecule has 0 amide bonds. The lowest BCUT2D eigenvalue weighted by molar-refractivity contribution is 0.556. The predicted octanol–water partition coefficient (Wildman–Crippen LogP) is 5.31. The summed E-state index contributed by atoms with van der Waals surface area (Å²) in [5, 5.41) is 6.73. The second-order valence-corrected chi connectivity index (χ2v) is 9.99. The van der Waals surface area contributed by atoms with Crippen LogP contribution in [0.3, 0.4) is 0 Å². The van der Waals surface area contributed by atoms with E-state index in [9.17, 15) is 8.42 Å². The minimum absolute atomic E-state index is 0.145. The summed E-state index contributed by atoms with van der Waals surface area (Å²) in [7, 11) is -3.63. The molecule has 1 unspecified atom stereocenters. The molecule has 0 saturated heterocycles. The smallest absolute Gasteiger partial charge is 0.240 e. The van der Waals surface area contributed by atoms with E-state index in [2.05, 4.69) is 9.62 Å². The van der Waals surface area contributed by atoms with Crippen LogP contribution in [-0.4, -0.2) is 37.3 Å². The number of fused-ring (bicyclic) bond motifs is 1. The first-order chi connectivity index (χ1) is 14.7. The van der Waals surface area contributed by atoms with Crippen LogP contribution in [0, 0.1) is 0 Å². The fourth-order valence-corrected chi connectivity index (χ4v) is 5.30. The quantitative estimate of drug-likeness (QED) is 0.448. The molecule has 168 valence electrons. The maximum absolute atomic E-state index is 12.9. The van der Waals surface area contributed by atoms with Crippen molar-refractivity contribution in [2.45, 2.75) is 51.6 Å². The predicted molar refractivity (Wildman–Crippen MR) is 129 cm³/mol. The summed E-state index contributed by atoms with van der Waals surface area (Å²) in [6.07, 6.45) is 0.711. The third kappa shape index (κ3) is 5.00. The van der Waals surface area contributed by atoms with Crippen LogP contribution in [0.4, 0.5) is 5.82 Å². The highest BCUT2D eigenvalue weighted by Crippen LogP contribution is 2.31. The van der Waals surface area contributed by atoms with Gasteiger partial charge in [-0.1, -0.05) is 36.2 Å². The molecule has 0 radical (unpaired) electrons. The number of aromatic nitrogens is 2. The van der Waals surface area contributed by atoms with Gasteiger partial charge < -0.3 is 4.90 Å². The Labute approximate surface area is 194 Å². The number of anilines is 1. The van der Waals surface area contributed by atoms with E-state index in [1.54, 1.807) is 36.4 Å². The van der Waals surface area contributed by atoms with Gasteiger partial charge in [-0.05, 0) is 57.5 Å². The highest BCUT2D eigenvalue weighted by atomic mass is 35.5. The van der Waals surface area contributed by atoms with Gasteiger partial charge in [-0.25, -0.2) is 13.1 Å². The zero-order valence-electron chi connectivity index (χ0n) is 18.2. The monoisotopic (exact) mass is 482 g/mol. The summed E-state index contributed by atoms with van der Waals surface area (Å²) < 4.78 is 30.3. The summed E-state index contributed by atoms with van der Waals surface area (Å²) in [5.41, 5.74) is 1.59. The minimum atomic E-state index is -3.63. The molecule has 1 atom stereocenters. The summed E-state index contributed by atoms with van der Waals surface area (Å²) in [4.78, 5) is 2.33. The summed E-state index contributed by atoms with van der Waals surface area (Å²) in [6, 6.07) is 10.4. The van der Waals surface area contributed by atoms with Crippen LogP contribution < -0.4 is 9.62 Å². The summed E-state index contributed by atoms with van der Waals surface area (Å²) in [5.74, 6) is 0.740. The third-order valence-corrected chi connectivity index (χ3v) is 7.71. The lowest BCUT2D eigenvalue weighted by atomic mass is 10.2. The molecule has 1 heterocycles. The number of benzene rings is 2. The van der Waals surface area contributed by atoms with Gasteiger partial charge >= 0.3 is 0 Å². The van der Waals surface area contributed by atoms with Crippen LogP contribution in [-0.2, 0) is 16.6 Å². The average Bonchev–Trinajstić information content (AvgIpc) is 3.09. The van der Waals surface area contributed by atoms with Crippen LogP contribution in [0.15, 0.2) is 41.3 Å². The molecule has 9 heteroatoms. The molecule has 0 aliphatic heterocycles. The Morgan fingerprint density at radius 3 is 2.32 bits per heavy atom. The fraction of sp³-hybridized carbons (Fsp3) is 0.409. The van der Waals surface area contributed by atoms with E-state index in [1.807, 2.05) is 32.4 Å². The standard InChI is InChI=1S/C22H28Cl2N4O2S/c1-5-15(4)26-31(29,30)16-11-12-21-17(13-16)22(27(6-2)7-3)25-28(21)14-18-19(23)9-8-10-20(18)24/h8-13,15,26H,5-7,14H2,1-4H3. The molecule has 1 N–H and O–H groups in total. The zero-order chi connectivity index (χ0) is 22.8. The van der Waals surface area contributed by atoms with Crippen molar-refractivity contribution in [2.24, 2.45) is 0 Å². The lowest BCUT2D eigenvalue weighted by Gasteiger charge is -2.18. The lowest BCUT2D eigenvalue weighted by Crippen LogP contribution is -2.32. The minimum Gasteiger partial charge on any atom is -0.355 e. The Kier molecular flexibility index (Phi) is 7.52. The third-order valence-electron chi connectivity index (χ3n) is 5.41. The highest BCUT2D eigenvalue weighted by Gasteiger charge is 2.22. The summed E-state index contributed by atoms with van der Waals surface area (Å²) in [6.45, 7) is 9.76. The van der Waals surface area contributed by atoms with Gasteiger partial charge in [0.2, 0.25) is 10.0 Å². The molecule has 0 fully saturated rings. The van der Waals surface area contributed by atoms with Crippen molar-refractivity contribution >= 4 is 49.9 Å². The van der Waals surface area contributed by atoms with Gasteiger partial charge in [0.15, 0.2) is 5.82 Å². The molecule has 1 aromatic heterocycles. The van der Waals surface area contributed by atoms with Crippen LogP contribution in [0.25, 0.3) is 10.9 Å². The van der Waals surface area contributed by atoms with E-state index in [1.165, 1.54) is 0 Å². The van der Waals surface area contributed by atoms with Gasteiger partial charge in [0, 0.05) is 40.1 Å². The van der Waals surface area contributed by atoms with E-state index < -0.39 is 10.0 Å². The molecule has 6 nitrogen and oxygen atoms in total. The van der Waals surface area contributed by atoms with Crippen LogP contribution in [0.1, 0.15) is 39.7 Å². The van der Waals surface area contributed by atoms with Gasteiger partial charge in [0.05, 0.1) is 17.0 Å². The van der Waals surface area contributed by atoms with Crippen LogP contribution in [0.2, 0.25) is 10.0 Å². The molecule has 0 aliphatic rings. The van der Waals surface area contributed by atoms with E-state index >= 15 is 0 Å². The Hall–Kier alpha value is -1.80. The topological polar surface area (TPSA) is 67.2 Å². The molecule has 0 spiro atoms. The Morgan fingerprint density at radius 2 is 1.74 bits per heavy atom. The highest BCUT2D eigenvalue weighted by molar-refractivity contribution is 7.89. The number of nitrogens with one attached hydrogen (secondary N) is 1. The molecule has 31 heavy (non-hydrogen) atoms. The van der Waals surface area contributed by atoms with E-state index in [0.29, 0.717) is 23.0 Å². The second-order valence-electron chi connectivity index (χ2n) is 7.46. The number of hydrogen-bond donors (Lipinski definition) is 1. The first-order valence-corrected chi connectivity index (χ1v) is 12.7. The van der Waals surface area contributed by atoms with Gasteiger partial charge in [-0.3, -0.25) is 4.68 Å². The van der Waals surface area contributed by atoms with Crippen molar-refractivity contribution in [3.05, 3.63) is 52.0 Å². The number of halogens is 2. The van der Waals surface area contributed by atoms with Gasteiger partial charge in [0.1, 0.15) is 0 Å².